The maximum atomic E-state index is 5.23. The summed E-state index contributed by atoms with van der Waals surface area (Å²) in [6.45, 7) is 4.27. The fourth-order valence-electron chi connectivity index (χ4n) is 1.90. The van der Waals surface area contributed by atoms with E-state index in [0.29, 0.717) is 10.6 Å². The Bertz CT molecular complexity index is 620. The number of benzene rings is 1. The van der Waals surface area contributed by atoms with E-state index >= 15 is 0 Å². The molecule has 1 heterocycles. The summed E-state index contributed by atoms with van der Waals surface area (Å²) in [4.78, 5) is 7.74. The van der Waals surface area contributed by atoms with Gasteiger partial charge in [0.2, 0.25) is 0 Å². The first-order valence-corrected chi connectivity index (χ1v) is 6.72. The topological polar surface area (TPSA) is 37.9 Å². The van der Waals surface area contributed by atoms with E-state index in [1.807, 2.05) is 24.3 Å². The lowest BCUT2D eigenvalue weighted by Crippen LogP contribution is -2.02. The lowest BCUT2D eigenvalue weighted by molar-refractivity contribution is 0.414. The molecule has 0 unspecified atom stereocenters. The number of nitrogens with zero attached hydrogens (tertiary/aromatic N) is 1. The van der Waals surface area contributed by atoms with E-state index in [-0.39, 0.29) is 0 Å². The van der Waals surface area contributed by atoms with Crippen molar-refractivity contribution in [2.24, 2.45) is 0 Å². The standard InChI is InChI=1S/C15H18N2OS/c1-10(2)13-9-15(19)17-14(16-13)8-11-5-4-6-12(7-11)18-3/h4-7,9-10H,8H2,1-3H3,(H,16,17,19). The first-order chi connectivity index (χ1) is 9.08. The van der Waals surface area contributed by atoms with Crippen molar-refractivity contribution in [3.8, 4) is 5.75 Å². The van der Waals surface area contributed by atoms with E-state index in [1.54, 1.807) is 7.11 Å². The first-order valence-electron chi connectivity index (χ1n) is 6.31. The van der Waals surface area contributed by atoms with Gasteiger partial charge in [-0.1, -0.05) is 38.2 Å². The lowest BCUT2D eigenvalue weighted by Gasteiger charge is -2.09. The number of nitrogens with one attached hydrogen (secondary N) is 1. The van der Waals surface area contributed by atoms with Gasteiger partial charge in [-0.25, -0.2) is 4.98 Å². The highest BCUT2D eigenvalue weighted by Gasteiger charge is 2.05. The molecule has 4 heteroatoms. The van der Waals surface area contributed by atoms with Crippen LogP contribution in [0.3, 0.4) is 0 Å². The van der Waals surface area contributed by atoms with E-state index in [2.05, 4.69) is 29.9 Å². The van der Waals surface area contributed by atoms with Gasteiger partial charge in [-0.05, 0) is 29.7 Å². The fourth-order valence-corrected chi connectivity index (χ4v) is 2.14. The van der Waals surface area contributed by atoms with Crippen molar-refractivity contribution in [3.63, 3.8) is 0 Å². The van der Waals surface area contributed by atoms with Crippen LogP contribution < -0.4 is 4.74 Å². The van der Waals surface area contributed by atoms with Gasteiger partial charge in [0, 0.05) is 12.1 Å². The highest BCUT2D eigenvalue weighted by atomic mass is 32.1. The predicted molar refractivity (Wildman–Crippen MR) is 79.3 cm³/mol. The molecule has 0 atom stereocenters. The lowest BCUT2D eigenvalue weighted by atomic mass is 10.1. The van der Waals surface area contributed by atoms with Gasteiger partial charge in [0.25, 0.3) is 0 Å². The van der Waals surface area contributed by atoms with Crippen LogP contribution in [-0.2, 0) is 6.42 Å². The van der Waals surface area contributed by atoms with Gasteiger partial charge in [-0.15, -0.1) is 0 Å². The molecule has 100 valence electrons. The number of hydrogen-bond donors (Lipinski definition) is 1. The summed E-state index contributed by atoms with van der Waals surface area (Å²) in [7, 11) is 1.67. The van der Waals surface area contributed by atoms with E-state index in [1.165, 1.54) is 0 Å². The number of hydrogen-bond acceptors (Lipinski definition) is 3. The van der Waals surface area contributed by atoms with Gasteiger partial charge in [0.15, 0.2) is 0 Å². The van der Waals surface area contributed by atoms with E-state index in [4.69, 9.17) is 17.0 Å². The van der Waals surface area contributed by atoms with Crippen molar-refractivity contribution >= 4 is 12.2 Å². The highest BCUT2D eigenvalue weighted by molar-refractivity contribution is 7.71. The van der Waals surface area contributed by atoms with Crippen LogP contribution in [0.5, 0.6) is 5.75 Å². The van der Waals surface area contributed by atoms with Crippen molar-refractivity contribution in [3.05, 3.63) is 52.1 Å². The number of methoxy groups -OCH3 is 1. The zero-order valence-electron chi connectivity index (χ0n) is 11.4. The van der Waals surface area contributed by atoms with Gasteiger partial charge < -0.3 is 9.72 Å². The summed E-state index contributed by atoms with van der Waals surface area (Å²) in [5.74, 6) is 2.16. The summed E-state index contributed by atoms with van der Waals surface area (Å²) >= 11 is 5.22. The number of H-pyrrole nitrogens is 1. The minimum Gasteiger partial charge on any atom is -0.497 e. The monoisotopic (exact) mass is 274 g/mol. The molecule has 19 heavy (non-hydrogen) atoms. The summed E-state index contributed by atoms with van der Waals surface area (Å²) < 4.78 is 5.87. The smallest absolute Gasteiger partial charge is 0.130 e. The third kappa shape index (κ3) is 3.64. The Morgan fingerprint density at radius 2 is 2.11 bits per heavy atom. The maximum Gasteiger partial charge on any atom is 0.130 e. The molecule has 0 aliphatic heterocycles. The molecular weight excluding hydrogens is 256 g/mol. The van der Waals surface area contributed by atoms with Gasteiger partial charge in [0.05, 0.1) is 7.11 Å². The van der Waals surface area contributed by atoms with Gasteiger partial charge in [-0.3, -0.25) is 0 Å². The fraction of sp³-hybridized carbons (Fsp3) is 0.333. The summed E-state index contributed by atoms with van der Waals surface area (Å²) in [5.41, 5.74) is 2.27. The number of aromatic nitrogens is 2. The van der Waals surface area contributed by atoms with Crippen molar-refractivity contribution in [1.82, 2.24) is 9.97 Å². The number of ether oxygens (including phenoxy) is 1. The third-order valence-corrected chi connectivity index (χ3v) is 3.15. The van der Waals surface area contributed by atoms with Crippen LogP contribution in [0.4, 0.5) is 0 Å². The second kappa shape index (κ2) is 5.97. The second-order valence-corrected chi connectivity index (χ2v) is 5.22. The Kier molecular flexibility index (Phi) is 4.32. The van der Waals surface area contributed by atoms with Crippen molar-refractivity contribution < 1.29 is 4.74 Å². The minimum atomic E-state index is 0.411. The average molecular weight is 274 g/mol. The molecule has 0 saturated heterocycles. The number of rotatable bonds is 4. The molecule has 1 aromatic carbocycles. The minimum absolute atomic E-state index is 0.411. The quantitative estimate of drug-likeness (QED) is 0.860. The van der Waals surface area contributed by atoms with Gasteiger partial charge in [-0.2, -0.15) is 0 Å². The molecule has 0 aliphatic rings. The molecule has 3 nitrogen and oxygen atoms in total. The van der Waals surface area contributed by atoms with Crippen molar-refractivity contribution in [2.45, 2.75) is 26.2 Å². The molecule has 1 aromatic heterocycles. The molecule has 0 aliphatic carbocycles. The molecule has 2 rings (SSSR count). The average Bonchev–Trinajstić information content (AvgIpc) is 2.38. The SMILES string of the molecule is COc1cccc(Cc2nc(=S)cc(C(C)C)[nH]2)c1. The normalized spacial score (nSPS) is 10.7. The van der Waals surface area contributed by atoms with Crippen LogP contribution in [0.25, 0.3) is 0 Å². The summed E-state index contributed by atoms with van der Waals surface area (Å²) in [5, 5.41) is 0. The van der Waals surface area contributed by atoms with Crippen LogP contribution in [0.1, 0.15) is 36.8 Å². The molecule has 0 bridgehead atoms. The highest BCUT2D eigenvalue weighted by Crippen LogP contribution is 2.16. The van der Waals surface area contributed by atoms with Crippen molar-refractivity contribution in [2.75, 3.05) is 7.11 Å². The Balaban J connectivity index is 2.29. The van der Waals surface area contributed by atoms with Crippen LogP contribution in [0.15, 0.2) is 30.3 Å². The van der Waals surface area contributed by atoms with Crippen LogP contribution in [0.2, 0.25) is 0 Å². The van der Waals surface area contributed by atoms with Gasteiger partial charge in [0.1, 0.15) is 16.2 Å². The van der Waals surface area contributed by atoms with Crippen molar-refractivity contribution in [1.29, 1.82) is 0 Å². The largest absolute Gasteiger partial charge is 0.497 e. The van der Waals surface area contributed by atoms with E-state index in [0.717, 1.165) is 29.3 Å². The zero-order chi connectivity index (χ0) is 13.8. The molecular formula is C15H18N2OS. The van der Waals surface area contributed by atoms with Crippen LogP contribution in [0, 0.1) is 4.64 Å². The summed E-state index contributed by atoms with van der Waals surface area (Å²) in [6, 6.07) is 9.91. The molecule has 0 amide bonds. The van der Waals surface area contributed by atoms with Gasteiger partial charge >= 0.3 is 0 Å². The third-order valence-electron chi connectivity index (χ3n) is 2.94. The van der Waals surface area contributed by atoms with E-state index < -0.39 is 0 Å². The Morgan fingerprint density at radius 1 is 1.32 bits per heavy atom. The zero-order valence-corrected chi connectivity index (χ0v) is 12.3. The Labute approximate surface area is 118 Å². The molecule has 0 radical (unpaired) electrons. The second-order valence-electron chi connectivity index (χ2n) is 4.80. The maximum absolute atomic E-state index is 5.23. The summed E-state index contributed by atoms with van der Waals surface area (Å²) in [6.07, 6.45) is 0.724. The Hall–Kier alpha value is -1.68. The molecule has 2 aromatic rings. The molecule has 0 saturated carbocycles. The van der Waals surface area contributed by atoms with E-state index in [9.17, 15) is 0 Å². The number of aromatic amines is 1. The first kappa shape index (κ1) is 13.7. The van der Waals surface area contributed by atoms with Crippen LogP contribution >= 0.6 is 12.2 Å². The predicted octanol–water partition coefficient (Wildman–Crippen LogP) is 3.86. The molecule has 0 fully saturated rings. The van der Waals surface area contributed by atoms with Crippen LogP contribution in [-0.4, -0.2) is 17.1 Å². The molecule has 1 N–H and O–H groups in total. The molecule has 0 spiro atoms. The Morgan fingerprint density at radius 3 is 2.79 bits per heavy atom.